The molecule has 0 spiro atoms. The number of benzene rings is 2. The van der Waals surface area contributed by atoms with Crippen LogP contribution in [0.2, 0.25) is 0 Å². The number of Topliss-reactive ketones (excluding diaryl/α,β-unsaturated/α-hetero) is 1. The number of aliphatic hydroxyl groups is 1. The minimum atomic E-state index is -0.680. The Morgan fingerprint density at radius 1 is 1.06 bits per heavy atom. The molecule has 1 unspecified atom stereocenters. The Kier molecular flexibility index (Phi) is 6.85. The molecule has 1 amide bonds. The molecule has 2 heterocycles. The lowest BCUT2D eigenvalue weighted by atomic mass is 10.00. The maximum absolute atomic E-state index is 13.0. The molecule has 0 bridgehead atoms. The van der Waals surface area contributed by atoms with Crippen molar-refractivity contribution in [1.29, 1.82) is 0 Å². The first-order valence-electron chi connectivity index (χ1n) is 10.2. The smallest absolute Gasteiger partial charge is 0.295 e. The summed E-state index contributed by atoms with van der Waals surface area (Å²) in [5.41, 5.74) is 1.53. The predicted octanol–water partition coefficient (Wildman–Crippen LogP) is 5.19. The number of rotatable bonds is 7. The normalized spacial score (nSPS) is 17.4. The number of likely N-dealkylation sites (tertiary alicyclic amines) is 1. The van der Waals surface area contributed by atoms with E-state index in [0.717, 1.165) is 14.9 Å². The summed E-state index contributed by atoms with van der Waals surface area (Å²) in [4.78, 5) is 28.4. The van der Waals surface area contributed by atoms with E-state index in [0.29, 0.717) is 30.0 Å². The van der Waals surface area contributed by atoms with Gasteiger partial charge in [0.2, 0.25) is 0 Å². The first kappa shape index (κ1) is 23.1. The number of hydrogen-bond acceptors (Lipinski definition) is 6. The van der Waals surface area contributed by atoms with Crippen LogP contribution in [0.3, 0.4) is 0 Å². The van der Waals surface area contributed by atoms with Crippen LogP contribution in [-0.2, 0) is 16.0 Å². The Bertz CT molecular complexity index is 1200. The third kappa shape index (κ3) is 4.54. The largest absolute Gasteiger partial charge is 0.507 e. The van der Waals surface area contributed by atoms with Gasteiger partial charge in [0, 0.05) is 21.5 Å². The molecule has 3 aromatic rings. The van der Waals surface area contributed by atoms with E-state index in [-0.39, 0.29) is 11.3 Å². The van der Waals surface area contributed by atoms with Crippen LogP contribution in [0.4, 0.5) is 0 Å². The lowest BCUT2D eigenvalue weighted by Crippen LogP contribution is -2.31. The highest BCUT2D eigenvalue weighted by molar-refractivity contribution is 9.10. The lowest BCUT2D eigenvalue weighted by Gasteiger charge is -2.24. The maximum atomic E-state index is 13.0. The minimum absolute atomic E-state index is 0.108. The molecule has 1 atom stereocenters. The molecule has 1 saturated heterocycles. The van der Waals surface area contributed by atoms with Gasteiger partial charge in [-0.1, -0.05) is 40.2 Å². The van der Waals surface area contributed by atoms with Crippen LogP contribution in [-0.4, -0.2) is 42.5 Å². The van der Waals surface area contributed by atoms with Gasteiger partial charge in [-0.3, -0.25) is 9.59 Å². The summed E-state index contributed by atoms with van der Waals surface area (Å²) in [5.74, 6) is -0.251. The number of methoxy groups -OCH3 is 2. The summed E-state index contributed by atoms with van der Waals surface area (Å²) in [7, 11) is 3.14. The molecule has 6 nitrogen and oxygen atoms in total. The maximum Gasteiger partial charge on any atom is 0.295 e. The Morgan fingerprint density at radius 3 is 2.42 bits per heavy atom. The molecule has 0 aliphatic carbocycles. The van der Waals surface area contributed by atoms with Gasteiger partial charge >= 0.3 is 0 Å². The van der Waals surface area contributed by atoms with Gasteiger partial charge in [-0.25, -0.2) is 0 Å². The number of halogens is 1. The molecule has 0 saturated carbocycles. The van der Waals surface area contributed by atoms with Crippen LogP contribution in [0.1, 0.15) is 22.0 Å². The third-order valence-electron chi connectivity index (χ3n) is 5.56. The van der Waals surface area contributed by atoms with Crippen LogP contribution in [0.15, 0.2) is 70.0 Å². The van der Waals surface area contributed by atoms with E-state index in [4.69, 9.17) is 9.47 Å². The molecule has 1 aliphatic heterocycles. The number of ether oxygens (including phenoxy) is 2. The van der Waals surface area contributed by atoms with Crippen molar-refractivity contribution in [3.63, 3.8) is 0 Å². The number of ketones is 1. The Morgan fingerprint density at radius 2 is 1.79 bits per heavy atom. The molecule has 170 valence electrons. The Hall–Kier alpha value is -3.10. The summed E-state index contributed by atoms with van der Waals surface area (Å²) in [6.45, 7) is 0.305. The van der Waals surface area contributed by atoms with Crippen molar-refractivity contribution in [3.05, 3.63) is 86.0 Å². The van der Waals surface area contributed by atoms with Crippen LogP contribution in [0, 0.1) is 0 Å². The van der Waals surface area contributed by atoms with Crippen molar-refractivity contribution in [1.82, 2.24) is 4.90 Å². The average molecular weight is 528 g/mol. The van der Waals surface area contributed by atoms with Crippen LogP contribution in [0.5, 0.6) is 11.5 Å². The second kappa shape index (κ2) is 9.80. The number of nitrogens with zero attached hydrogens (tertiary/aromatic N) is 1. The van der Waals surface area contributed by atoms with Crippen LogP contribution in [0.25, 0.3) is 5.76 Å². The summed E-state index contributed by atoms with van der Waals surface area (Å²) in [5, 5.41) is 12.9. The van der Waals surface area contributed by atoms with E-state index >= 15 is 0 Å². The van der Waals surface area contributed by atoms with Gasteiger partial charge in [-0.05, 0) is 47.7 Å². The zero-order chi connectivity index (χ0) is 23.5. The fourth-order valence-electron chi connectivity index (χ4n) is 3.90. The van der Waals surface area contributed by atoms with Crippen LogP contribution < -0.4 is 9.47 Å². The Labute approximate surface area is 204 Å². The highest BCUT2D eigenvalue weighted by Crippen LogP contribution is 2.41. The van der Waals surface area contributed by atoms with Crippen molar-refractivity contribution >= 4 is 44.7 Å². The summed E-state index contributed by atoms with van der Waals surface area (Å²) in [6.07, 6.45) is 0.508. The molecule has 33 heavy (non-hydrogen) atoms. The van der Waals surface area contributed by atoms with Gasteiger partial charge in [0.05, 0.1) is 25.8 Å². The second-order valence-corrected chi connectivity index (χ2v) is 9.35. The zero-order valence-corrected chi connectivity index (χ0v) is 20.5. The van der Waals surface area contributed by atoms with Crippen molar-refractivity contribution in [2.75, 3.05) is 20.8 Å². The molecule has 1 N–H and O–H groups in total. The second-order valence-electron chi connectivity index (χ2n) is 7.45. The van der Waals surface area contributed by atoms with E-state index < -0.39 is 17.7 Å². The van der Waals surface area contributed by atoms with Crippen molar-refractivity contribution in [2.24, 2.45) is 0 Å². The Balaban J connectivity index is 1.69. The van der Waals surface area contributed by atoms with E-state index in [9.17, 15) is 14.7 Å². The molecular weight excluding hydrogens is 506 g/mol. The number of hydrogen-bond donors (Lipinski definition) is 1. The molecule has 4 rings (SSSR count). The summed E-state index contributed by atoms with van der Waals surface area (Å²) >= 11 is 4.82. The van der Waals surface area contributed by atoms with E-state index in [1.165, 1.54) is 16.2 Å². The van der Waals surface area contributed by atoms with E-state index in [2.05, 4.69) is 15.9 Å². The zero-order valence-electron chi connectivity index (χ0n) is 18.1. The highest BCUT2D eigenvalue weighted by Gasteiger charge is 2.46. The predicted molar refractivity (Wildman–Crippen MR) is 131 cm³/mol. The summed E-state index contributed by atoms with van der Waals surface area (Å²) < 4.78 is 11.5. The van der Waals surface area contributed by atoms with Gasteiger partial charge in [0.25, 0.3) is 11.7 Å². The topological polar surface area (TPSA) is 76.1 Å². The van der Waals surface area contributed by atoms with Gasteiger partial charge in [-0.15, -0.1) is 11.3 Å². The SMILES string of the molecule is COc1ccc(CCN2C(=O)C(=O)/C(=C(/O)c3ccc(Br)cc3)C2c2cccs2)cc1OC. The number of carbonyl (C=O) groups excluding carboxylic acids is 2. The number of amides is 1. The number of thiophene rings is 1. The van der Waals surface area contributed by atoms with Crippen LogP contribution >= 0.6 is 27.3 Å². The molecule has 1 fully saturated rings. The molecular formula is C25H22BrNO5S. The molecule has 1 aliphatic rings. The van der Waals surface area contributed by atoms with E-state index in [1.54, 1.807) is 38.5 Å². The number of carbonyl (C=O) groups is 2. The molecule has 2 aromatic carbocycles. The third-order valence-corrected chi connectivity index (χ3v) is 7.01. The summed E-state index contributed by atoms with van der Waals surface area (Å²) in [6, 6.07) is 15.7. The van der Waals surface area contributed by atoms with Gasteiger partial charge in [0.1, 0.15) is 5.76 Å². The van der Waals surface area contributed by atoms with Gasteiger partial charge in [-0.2, -0.15) is 0 Å². The van der Waals surface area contributed by atoms with E-state index in [1.807, 2.05) is 35.7 Å². The molecule has 1 aromatic heterocycles. The standard InChI is InChI=1S/C25H22BrNO5S/c1-31-18-10-5-15(14-19(18)32-2)11-12-27-22(20-4-3-13-33-20)21(24(29)25(27)30)23(28)16-6-8-17(26)9-7-16/h3-10,13-14,22,28H,11-12H2,1-2H3/b23-21+. The molecule has 0 radical (unpaired) electrons. The van der Waals surface area contributed by atoms with Gasteiger partial charge in [0.15, 0.2) is 11.5 Å². The fraction of sp³-hybridized carbons (Fsp3) is 0.200. The van der Waals surface area contributed by atoms with Crippen molar-refractivity contribution in [3.8, 4) is 11.5 Å². The fourth-order valence-corrected chi connectivity index (χ4v) is 5.01. The number of aliphatic hydroxyl groups excluding tert-OH is 1. The molecule has 8 heteroatoms. The quantitative estimate of drug-likeness (QED) is 0.260. The van der Waals surface area contributed by atoms with Crippen molar-refractivity contribution < 1.29 is 24.2 Å². The minimum Gasteiger partial charge on any atom is -0.507 e. The average Bonchev–Trinajstić information content (AvgIpc) is 3.44. The van der Waals surface area contributed by atoms with Gasteiger partial charge < -0.3 is 19.5 Å². The first-order chi connectivity index (χ1) is 15.9. The van der Waals surface area contributed by atoms with Crippen molar-refractivity contribution in [2.45, 2.75) is 12.5 Å². The first-order valence-corrected chi connectivity index (χ1v) is 11.9. The lowest BCUT2D eigenvalue weighted by molar-refractivity contribution is -0.139. The monoisotopic (exact) mass is 527 g/mol. The highest BCUT2D eigenvalue weighted by atomic mass is 79.9.